The normalized spacial score (nSPS) is 21.2. The Balaban J connectivity index is 2.31. The third kappa shape index (κ3) is 2.15. The molecule has 0 radical (unpaired) electrons. The highest BCUT2D eigenvalue weighted by Gasteiger charge is 2.22. The van der Waals surface area contributed by atoms with E-state index >= 15 is 0 Å². The summed E-state index contributed by atoms with van der Waals surface area (Å²) in [4.78, 5) is 6.70. The molecule has 88 valence electrons. The number of hydrogen-bond donors (Lipinski definition) is 1. The van der Waals surface area contributed by atoms with E-state index in [9.17, 15) is 0 Å². The number of rotatable bonds is 2. The molecular formula is C12H18ClN3. The van der Waals surface area contributed by atoms with Gasteiger partial charge in [0.25, 0.3) is 0 Å². The standard InChI is InChI=1S/C12H18ClN3/c1-9-4-2-3-7-16(9)12-11(13)10(8-14)5-6-15-12/h5-6,9H,2-4,7-8,14H2,1H3. The summed E-state index contributed by atoms with van der Waals surface area (Å²) in [5.74, 6) is 0.900. The maximum Gasteiger partial charge on any atom is 0.147 e. The lowest BCUT2D eigenvalue weighted by atomic mass is 10.0. The lowest BCUT2D eigenvalue weighted by molar-refractivity contribution is 0.481. The van der Waals surface area contributed by atoms with Gasteiger partial charge in [-0.3, -0.25) is 0 Å². The molecule has 3 nitrogen and oxygen atoms in total. The van der Waals surface area contributed by atoms with E-state index in [0.717, 1.165) is 22.9 Å². The summed E-state index contributed by atoms with van der Waals surface area (Å²) in [7, 11) is 0. The van der Waals surface area contributed by atoms with Crippen LogP contribution >= 0.6 is 11.6 Å². The Morgan fingerprint density at radius 1 is 1.56 bits per heavy atom. The van der Waals surface area contributed by atoms with Gasteiger partial charge in [-0.25, -0.2) is 4.98 Å². The Morgan fingerprint density at radius 2 is 2.38 bits per heavy atom. The summed E-state index contributed by atoms with van der Waals surface area (Å²) in [6, 6.07) is 2.41. The van der Waals surface area contributed by atoms with Crippen LogP contribution in [0.4, 0.5) is 5.82 Å². The third-order valence-corrected chi connectivity index (χ3v) is 3.66. The SMILES string of the molecule is CC1CCCCN1c1nccc(CN)c1Cl. The summed E-state index contributed by atoms with van der Waals surface area (Å²) >= 11 is 6.32. The van der Waals surface area contributed by atoms with Gasteiger partial charge >= 0.3 is 0 Å². The number of nitrogens with zero attached hydrogens (tertiary/aromatic N) is 2. The number of anilines is 1. The van der Waals surface area contributed by atoms with Gasteiger partial charge < -0.3 is 10.6 Å². The van der Waals surface area contributed by atoms with Crippen molar-refractivity contribution in [1.29, 1.82) is 0 Å². The van der Waals surface area contributed by atoms with E-state index in [1.54, 1.807) is 6.20 Å². The van der Waals surface area contributed by atoms with E-state index in [4.69, 9.17) is 17.3 Å². The zero-order chi connectivity index (χ0) is 11.5. The number of hydrogen-bond acceptors (Lipinski definition) is 3. The van der Waals surface area contributed by atoms with Crippen molar-refractivity contribution >= 4 is 17.4 Å². The Hall–Kier alpha value is -0.800. The Morgan fingerprint density at radius 3 is 3.06 bits per heavy atom. The van der Waals surface area contributed by atoms with E-state index < -0.39 is 0 Å². The predicted octanol–water partition coefficient (Wildman–Crippen LogP) is 2.57. The summed E-state index contributed by atoms with van der Waals surface area (Å²) in [6.45, 7) is 3.74. The van der Waals surface area contributed by atoms with Gasteiger partial charge in [0.15, 0.2) is 0 Å². The summed E-state index contributed by atoms with van der Waals surface area (Å²) < 4.78 is 0. The molecule has 4 heteroatoms. The Bertz CT molecular complexity index is 367. The second-order valence-electron chi connectivity index (χ2n) is 4.35. The minimum atomic E-state index is 0.469. The molecule has 1 aliphatic rings. The molecule has 0 spiro atoms. The van der Waals surface area contributed by atoms with Gasteiger partial charge in [0, 0.05) is 25.3 Å². The fourth-order valence-electron chi connectivity index (χ4n) is 2.24. The summed E-state index contributed by atoms with van der Waals surface area (Å²) in [5, 5.41) is 0.721. The molecule has 0 saturated carbocycles. The molecule has 1 aromatic rings. The highest BCUT2D eigenvalue weighted by Crippen LogP contribution is 2.31. The first-order valence-corrected chi connectivity index (χ1v) is 6.22. The van der Waals surface area contributed by atoms with E-state index in [2.05, 4.69) is 16.8 Å². The van der Waals surface area contributed by atoms with Crippen molar-refractivity contribution in [2.24, 2.45) is 5.73 Å². The van der Waals surface area contributed by atoms with E-state index in [1.165, 1.54) is 19.3 Å². The van der Waals surface area contributed by atoms with Crippen LogP contribution in [0.3, 0.4) is 0 Å². The highest BCUT2D eigenvalue weighted by molar-refractivity contribution is 6.33. The van der Waals surface area contributed by atoms with Gasteiger partial charge in [-0.2, -0.15) is 0 Å². The highest BCUT2D eigenvalue weighted by atomic mass is 35.5. The van der Waals surface area contributed by atoms with Crippen LogP contribution in [0.5, 0.6) is 0 Å². The maximum atomic E-state index is 6.32. The molecule has 1 aliphatic heterocycles. The van der Waals surface area contributed by atoms with E-state index in [1.807, 2.05) is 6.07 Å². The monoisotopic (exact) mass is 239 g/mol. The number of nitrogens with two attached hydrogens (primary N) is 1. The van der Waals surface area contributed by atoms with Gasteiger partial charge in [0.1, 0.15) is 5.82 Å². The molecule has 16 heavy (non-hydrogen) atoms. The average Bonchev–Trinajstić information content (AvgIpc) is 2.31. The number of piperidine rings is 1. The van der Waals surface area contributed by atoms with Crippen molar-refractivity contribution in [2.45, 2.75) is 38.8 Å². The van der Waals surface area contributed by atoms with Crippen molar-refractivity contribution in [3.8, 4) is 0 Å². The Kier molecular flexibility index (Phi) is 3.66. The molecule has 1 fully saturated rings. The zero-order valence-electron chi connectivity index (χ0n) is 9.62. The minimum Gasteiger partial charge on any atom is -0.353 e. The van der Waals surface area contributed by atoms with Crippen LogP contribution in [0.1, 0.15) is 31.7 Å². The molecule has 0 aromatic carbocycles. The fourth-order valence-corrected chi connectivity index (χ4v) is 2.54. The van der Waals surface area contributed by atoms with Crippen molar-refractivity contribution in [2.75, 3.05) is 11.4 Å². The molecule has 2 N–H and O–H groups in total. The van der Waals surface area contributed by atoms with Gasteiger partial charge in [0.05, 0.1) is 5.02 Å². The van der Waals surface area contributed by atoms with Crippen LogP contribution in [-0.4, -0.2) is 17.6 Å². The summed E-state index contributed by atoms with van der Waals surface area (Å²) in [5.41, 5.74) is 6.63. The first kappa shape index (κ1) is 11.7. The number of halogens is 1. The maximum absolute atomic E-state index is 6.32. The second kappa shape index (κ2) is 5.02. The zero-order valence-corrected chi connectivity index (χ0v) is 10.4. The molecular weight excluding hydrogens is 222 g/mol. The first-order chi connectivity index (χ1) is 7.74. The number of aromatic nitrogens is 1. The fraction of sp³-hybridized carbons (Fsp3) is 0.583. The molecule has 2 rings (SSSR count). The minimum absolute atomic E-state index is 0.469. The van der Waals surface area contributed by atoms with Crippen LogP contribution in [0.25, 0.3) is 0 Å². The van der Waals surface area contributed by atoms with E-state index in [0.29, 0.717) is 12.6 Å². The van der Waals surface area contributed by atoms with E-state index in [-0.39, 0.29) is 0 Å². The van der Waals surface area contributed by atoms with Gasteiger partial charge in [0.2, 0.25) is 0 Å². The Labute approximate surface area is 102 Å². The third-order valence-electron chi connectivity index (χ3n) is 3.25. The first-order valence-electron chi connectivity index (χ1n) is 5.84. The lowest BCUT2D eigenvalue weighted by Gasteiger charge is -2.35. The van der Waals surface area contributed by atoms with Crippen molar-refractivity contribution in [1.82, 2.24) is 4.98 Å². The largest absolute Gasteiger partial charge is 0.353 e. The molecule has 1 atom stereocenters. The number of pyridine rings is 1. The second-order valence-corrected chi connectivity index (χ2v) is 4.73. The van der Waals surface area contributed by atoms with Crippen LogP contribution in [0.15, 0.2) is 12.3 Å². The van der Waals surface area contributed by atoms with Crippen molar-refractivity contribution in [3.63, 3.8) is 0 Å². The average molecular weight is 240 g/mol. The molecule has 1 saturated heterocycles. The van der Waals surface area contributed by atoms with Crippen LogP contribution < -0.4 is 10.6 Å². The molecule has 0 bridgehead atoms. The summed E-state index contributed by atoms with van der Waals surface area (Å²) in [6.07, 6.45) is 5.52. The van der Waals surface area contributed by atoms with Crippen LogP contribution in [0, 0.1) is 0 Å². The molecule has 2 heterocycles. The molecule has 0 amide bonds. The smallest absolute Gasteiger partial charge is 0.147 e. The predicted molar refractivity (Wildman–Crippen MR) is 67.8 cm³/mol. The van der Waals surface area contributed by atoms with Crippen molar-refractivity contribution < 1.29 is 0 Å². The van der Waals surface area contributed by atoms with Crippen molar-refractivity contribution in [3.05, 3.63) is 22.8 Å². The van der Waals surface area contributed by atoms with Gasteiger partial charge in [-0.05, 0) is 37.8 Å². The molecule has 1 aromatic heterocycles. The van der Waals surface area contributed by atoms with Gasteiger partial charge in [-0.1, -0.05) is 11.6 Å². The van der Waals surface area contributed by atoms with Crippen LogP contribution in [-0.2, 0) is 6.54 Å². The lowest BCUT2D eigenvalue weighted by Crippen LogP contribution is -2.38. The molecule has 0 aliphatic carbocycles. The molecule has 1 unspecified atom stereocenters. The topological polar surface area (TPSA) is 42.2 Å². The van der Waals surface area contributed by atoms with Gasteiger partial charge in [-0.15, -0.1) is 0 Å². The quantitative estimate of drug-likeness (QED) is 0.863. The van der Waals surface area contributed by atoms with Crippen LogP contribution in [0.2, 0.25) is 5.02 Å².